The zero-order valence-electron chi connectivity index (χ0n) is 10.9. The predicted molar refractivity (Wildman–Crippen MR) is 90.4 cm³/mol. The maximum Gasteiger partial charge on any atom is 0.113 e. The van der Waals surface area contributed by atoms with E-state index in [-0.39, 0.29) is 0 Å². The molecule has 0 saturated carbocycles. The van der Waals surface area contributed by atoms with E-state index in [2.05, 4.69) is 70.5 Å². The Morgan fingerprint density at radius 2 is 1.25 bits per heavy atom. The first-order chi connectivity index (χ1) is 9.72. The Hall–Kier alpha value is -1.80. The maximum absolute atomic E-state index is 5.92. The molecule has 2 radical (unpaired) electrons. The van der Waals surface area contributed by atoms with Crippen LogP contribution in [0.1, 0.15) is 0 Å². The highest BCUT2D eigenvalue weighted by atomic mass is 79.9. The standard InChI is InChI=1S/C18H12BBr/c19-17-10-16(11-18(20)12-17)15-8-4-7-14(9-15)13-5-2-1-3-6-13/h1-12H. The van der Waals surface area contributed by atoms with Gasteiger partial charge in [-0.25, -0.2) is 0 Å². The Morgan fingerprint density at radius 1 is 0.600 bits per heavy atom. The van der Waals surface area contributed by atoms with Gasteiger partial charge in [0.2, 0.25) is 0 Å². The van der Waals surface area contributed by atoms with Crippen LogP contribution in [0.15, 0.2) is 77.3 Å². The molecule has 0 spiro atoms. The lowest BCUT2D eigenvalue weighted by atomic mass is 9.91. The van der Waals surface area contributed by atoms with Gasteiger partial charge in [-0.2, -0.15) is 0 Å². The summed E-state index contributed by atoms with van der Waals surface area (Å²) >= 11 is 3.49. The molecule has 0 atom stereocenters. The average molecular weight is 319 g/mol. The third-order valence-electron chi connectivity index (χ3n) is 3.22. The molecule has 0 unspecified atom stereocenters. The number of benzene rings is 3. The molecule has 0 amide bonds. The molecular formula is C18H12BBr. The van der Waals surface area contributed by atoms with Crippen LogP contribution < -0.4 is 5.46 Å². The summed E-state index contributed by atoms with van der Waals surface area (Å²) in [6.07, 6.45) is 0. The molecular weight excluding hydrogens is 307 g/mol. The van der Waals surface area contributed by atoms with E-state index >= 15 is 0 Å². The molecule has 2 heteroatoms. The number of hydrogen-bond acceptors (Lipinski definition) is 0. The molecule has 0 aromatic heterocycles. The molecule has 0 saturated heterocycles. The fraction of sp³-hybridized carbons (Fsp3) is 0. The van der Waals surface area contributed by atoms with Crippen molar-refractivity contribution in [2.24, 2.45) is 0 Å². The van der Waals surface area contributed by atoms with Gasteiger partial charge in [-0.15, -0.1) is 0 Å². The van der Waals surface area contributed by atoms with Crippen LogP contribution >= 0.6 is 15.9 Å². The Kier molecular flexibility index (Phi) is 3.75. The Labute approximate surface area is 129 Å². The van der Waals surface area contributed by atoms with E-state index in [9.17, 15) is 0 Å². The quantitative estimate of drug-likeness (QED) is 0.607. The van der Waals surface area contributed by atoms with E-state index in [1.54, 1.807) is 0 Å². The van der Waals surface area contributed by atoms with Crippen LogP contribution in [0, 0.1) is 0 Å². The first kappa shape index (κ1) is 13.2. The number of rotatable bonds is 2. The predicted octanol–water partition coefficient (Wildman–Crippen LogP) is 4.58. The lowest BCUT2D eigenvalue weighted by Crippen LogP contribution is -2.01. The van der Waals surface area contributed by atoms with Crippen LogP contribution in [-0.4, -0.2) is 7.85 Å². The van der Waals surface area contributed by atoms with Crippen LogP contribution in [0.25, 0.3) is 22.3 Å². The van der Waals surface area contributed by atoms with Crippen LogP contribution in [0.3, 0.4) is 0 Å². The molecule has 0 heterocycles. The monoisotopic (exact) mass is 318 g/mol. The van der Waals surface area contributed by atoms with E-state index in [4.69, 9.17) is 7.85 Å². The summed E-state index contributed by atoms with van der Waals surface area (Å²) in [5, 5.41) is 0. The molecule has 0 fully saturated rings. The van der Waals surface area contributed by atoms with Crippen molar-refractivity contribution in [3.63, 3.8) is 0 Å². The summed E-state index contributed by atoms with van der Waals surface area (Å²) in [5.74, 6) is 0. The van der Waals surface area contributed by atoms with Crippen molar-refractivity contribution in [2.45, 2.75) is 0 Å². The Bertz CT molecular complexity index is 715. The number of halogens is 1. The van der Waals surface area contributed by atoms with Gasteiger partial charge < -0.3 is 0 Å². The van der Waals surface area contributed by atoms with Gasteiger partial charge in [-0.1, -0.05) is 82.1 Å². The highest BCUT2D eigenvalue weighted by Gasteiger charge is 2.03. The van der Waals surface area contributed by atoms with Gasteiger partial charge in [0.05, 0.1) is 0 Å². The van der Waals surface area contributed by atoms with Gasteiger partial charge in [0.25, 0.3) is 0 Å². The number of hydrogen-bond donors (Lipinski definition) is 0. The summed E-state index contributed by atoms with van der Waals surface area (Å²) in [6, 6.07) is 24.9. The molecule has 0 nitrogen and oxygen atoms in total. The fourth-order valence-corrected chi connectivity index (χ4v) is 2.80. The molecule has 0 aliphatic rings. The molecule has 0 aliphatic heterocycles. The molecule has 0 N–H and O–H groups in total. The van der Waals surface area contributed by atoms with Gasteiger partial charge >= 0.3 is 0 Å². The maximum atomic E-state index is 5.92. The minimum Gasteiger partial charge on any atom is -0.0950 e. The van der Waals surface area contributed by atoms with Crippen LogP contribution in [0.5, 0.6) is 0 Å². The molecule has 3 rings (SSSR count). The minimum absolute atomic E-state index is 0.763. The third kappa shape index (κ3) is 2.86. The molecule has 3 aromatic carbocycles. The van der Waals surface area contributed by atoms with Crippen molar-refractivity contribution >= 4 is 29.2 Å². The van der Waals surface area contributed by atoms with Crippen molar-refractivity contribution in [3.05, 3.63) is 77.3 Å². The minimum atomic E-state index is 0.763. The van der Waals surface area contributed by atoms with E-state index in [0.717, 1.165) is 15.5 Å². The van der Waals surface area contributed by atoms with E-state index < -0.39 is 0 Å². The van der Waals surface area contributed by atoms with Gasteiger partial charge in [-0.3, -0.25) is 0 Å². The first-order valence-electron chi connectivity index (χ1n) is 6.44. The highest BCUT2D eigenvalue weighted by Crippen LogP contribution is 2.27. The van der Waals surface area contributed by atoms with E-state index in [0.29, 0.717) is 0 Å². The van der Waals surface area contributed by atoms with E-state index in [1.165, 1.54) is 16.7 Å². The Morgan fingerprint density at radius 3 is 1.95 bits per heavy atom. The Balaban J connectivity index is 2.07. The SMILES string of the molecule is [B]c1cc(Br)cc(-c2cccc(-c3ccccc3)c2)c1. The molecule has 3 aromatic rings. The van der Waals surface area contributed by atoms with Crippen molar-refractivity contribution in [3.8, 4) is 22.3 Å². The zero-order chi connectivity index (χ0) is 13.9. The van der Waals surface area contributed by atoms with Crippen LogP contribution in [0.4, 0.5) is 0 Å². The lowest BCUT2D eigenvalue weighted by Gasteiger charge is -2.08. The third-order valence-corrected chi connectivity index (χ3v) is 3.68. The van der Waals surface area contributed by atoms with Gasteiger partial charge in [0.1, 0.15) is 7.85 Å². The normalized spacial score (nSPS) is 10.4. The summed E-state index contributed by atoms with van der Waals surface area (Å²) in [6.45, 7) is 0. The smallest absolute Gasteiger partial charge is 0.0950 e. The second-order valence-corrected chi connectivity index (χ2v) is 5.64. The van der Waals surface area contributed by atoms with Crippen LogP contribution in [-0.2, 0) is 0 Å². The second-order valence-electron chi connectivity index (χ2n) is 4.72. The highest BCUT2D eigenvalue weighted by molar-refractivity contribution is 9.10. The first-order valence-corrected chi connectivity index (χ1v) is 7.23. The fourth-order valence-electron chi connectivity index (χ4n) is 2.29. The van der Waals surface area contributed by atoms with Crippen molar-refractivity contribution < 1.29 is 0 Å². The van der Waals surface area contributed by atoms with Crippen LogP contribution in [0.2, 0.25) is 0 Å². The lowest BCUT2D eigenvalue weighted by molar-refractivity contribution is 1.59. The largest absolute Gasteiger partial charge is 0.113 e. The van der Waals surface area contributed by atoms with Crippen molar-refractivity contribution in [1.82, 2.24) is 0 Å². The summed E-state index contributed by atoms with van der Waals surface area (Å²) in [5.41, 5.74) is 5.48. The van der Waals surface area contributed by atoms with Gasteiger partial charge in [0, 0.05) is 4.47 Å². The van der Waals surface area contributed by atoms with Gasteiger partial charge in [-0.05, 0) is 34.4 Å². The zero-order valence-corrected chi connectivity index (χ0v) is 12.5. The molecule has 0 aliphatic carbocycles. The average Bonchev–Trinajstić information content (AvgIpc) is 2.47. The molecule has 0 bridgehead atoms. The molecule has 20 heavy (non-hydrogen) atoms. The van der Waals surface area contributed by atoms with E-state index in [1.807, 2.05) is 18.2 Å². The van der Waals surface area contributed by atoms with Crippen molar-refractivity contribution in [1.29, 1.82) is 0 Å². The molecule has 94 valence electrons. The second kappa shape index (κ2) is 5.68. The van der Waals surface area contributed by atoms with Gasteiger partial charge in [0.15, 0.2) is 0 Å². The summed E-state index contributed by atoms with van der Waals surface area (Å²) < 4.78 is 0.998. The van der Waals surface area contributed by atoms with Crippen molar-refractivity contribution in [2.75, 3.05) is 0 Å². The topological polar surface area (TPSA) is 0 Å². The summed E-state index contributed by atoms with van der Waals surface area (Å²) in [7, 11) is 5.92. The summed E-state index contributed by atoms with van der Waals surface area (Å²) in [4.78, 5) is 0.